The number of rotatable bonds is 11. The molecule has 1 heterocycles. The van der Waals surface area contributed by atoms with Crippen LogP contribution in [-0.4, -0.2) is 26.0 Å². The SMILES string of the molecule is CC[Si](CC)(CC)OC(CCCC1(OC)CCCC1)c1c(Cl)cncc1Cl. The summed E-state index contributed by atoms with van der Waals surface area (Å²) in [5, 5.41) is 1.22. The topological polar surface area (TPSA) is 31.4 Å². The highest BCUT2D eigenvalue weighted by Crippen LogP contribution is 2.41. The van der Waals surface area contributed by atoms with Crippen molar-refractivity contribution in [3.8, 4) is 0 Å². The molecule has 0 spiro atoms. The van der Waals surface area contributed by atoms with Crippen LogP contribution in [0.1, 0.15) is 77.4 Å². The van der Waals surface area contributed by atoms with E-state index in [-0.39, 0.29) is 11.7 Å². The average Bonchev–Trinajstić information content (AvgIpc) is 3.15. The Morgan fingerprint density at radius 3 is 2.11 bits per heavy atom. The van der Waals surface area contributed by atoms with Crippen LogP contribution in [0.25, 0.3) is 0 Å². The molecular weight excluding hydrogens is 397 g/mol. The van der Waals surface area contributed by atoms with Gasteiger partial charge in [0.15, 0.2) is 8.32 Å². The summed E-state index contributed by atoms with van der Waals surface area (Å²) < 4.78 is 12.8. The molecule has 1 aliphatic rings. The number of aromatic nitrogens is 1. The van der Waals surface area contributed by atoms with Crippen molar-refractivity contribution in [3.63, 3.8) is 0 Å². The third kappa shape index (κ3) is 5.69. The van der Waals surface area contributed by atoms with Gasteiger partial charge in [-0.3, -0.25) is 4.98 Å². The summed E-state index contributed by atoms with van der Waals surface area (Å²) >= 11 is 13.0. The van der Waals surface area contributed by atoms with Crippen LogP contribution in [-0.2, 0) is 9.16 Å². The first-order valence-corrected chi connectivity index (χ1v) is 13.7. The Labute approximate surface area is 176 Å². The number of methoxy groups -OCH3 is 1. The molecule has 0 saturated heterocycles. The molecule has 0 aliphatic heterocycles. The molecule has 1 unspecified atom stereocenters. The Hall–Kier alpha value is -0.133. The van der Waals surface area contributed by atoms with Crippen molar-refractivity contribution in [2.45, 2.75) is 95.6 Å². The van der Waals surface area contributed by atoms with Gasteiger partial charge in [-0.1, -0.05) is 56.8 Å². The number of hydrogen-bond acceptors (Lipinski definition) is 3. The minimum Gasteiger partial charge on any atom is -0.410 e. The molecule has 0 bridgehead atoms. The fraction of sp³-hybridized carbons (Fsp3) is 0.762. The molecule has 3 nitrogen and oxygen atoms in total. The zero-order chi connectivity index (χ0) is 19.9. The highest BCUT2D eigenvalue weighted by molar-refractivity contribution is 6.73. The van der Waals surface area contributed by atoms with Crippen LogP contribution in [0, 0.1) is 0 Å². The van der Waals surface area contributed by atoms with Crippen LogP contribution in [0.3, 0.4) is 0 Å². The van der Waals surface area contributed by atoms with E-state index in [1.807, 2.05) is 7.11 Å². The standard InChI is InChI=1S/C21H35Cl2NO2Si/c1-5-27(6-2,7-3)26-19(20-17(22)15-24-16-18(20)23)11-10-14-21(25-4)12-8-9-13-21/h15-16,19H,5-14H2,1-4H3. The largest absolute Gasteiger partial charge is 0.410 e. The second kappa shape index (κ2) is 10.6. The van der Waals surface area contributed by atoms with Gasteiger partial charge >= 0.3 is 0 Å². The summed E-state index contributed by atoms with van der Waals surface area (Å²) in [6.07, 6.45) is 11.2. The van der Waals surface area contributed by atoms with Gasteiger partial charge in [-0.25, -0.2) is 0 Å². The van der Waals surface area contributed by atoms with E-state index in [9.17, 15) is 0 Å². The number of ether oxygens (including phenoxy) is 1. The predicted molar refractivity (Wildman–Crippen MR) is 117 cm³/mol. The van der Waals surface area contributed by atoms with E-state index >= 15 is 0 Å². The third-order valence-corrected chi connectivity index (χ3v) is 11.8. The number of halogens is 2. The van der Waals surface area contributed by atoms with Crippen molar-refractivity contribution in [2.75, 3.05) is 7.11 Å². The lowest BCUT2D eigenvalue weighted by molar-refractivity contribution is -0.0150. The molecule has 1 fully saturated rings. The van der Waals surface area contributed by atoms with Crippen molar-refractivity contribution in [1.82, 2.24) is 4.98 Å². The predicted octanol–water partition coefficient (Wildman–Crippen LogP) is 7.58. The van der Waals surface area contributed by atoms with Gasteiger partial charge in [-0.15, -0.1) is 0 Å². The molecular formula is C21H35Cl2NO2Si. The fourth-order valence-corrected chi connectivity index (χ4v) is 7.93. The Morgan fingerprint density at radius 2 is 1.63 bits per heavy atom. The van der Waals surface area contributed by atoms with Crippen LogP contribution in [0.4, 0.5) is 0 Å². The summed E-state index contributed by atoms with van der Waals surface area (Å²) in [5.41, 5.74) is 0.976. The van der Waals surface area contributed by atoms with E-state index < -0.39 is 8.32 Å². The van der Waals surface area contributed by atoms with E-state index in [2.05, 4.69) is 25.8 Å². The maximum Gasteiger partial charge on any atom is 0.192 e. The summed E-state index contributed by atoms with van der Waals surface area (Å²) in [5.74, 6) is 0. The van der Waals surface area contributed by atoms with E-state index in [1.54, 1.807) is 12.4 Å². The van der Waals surface area contributed by atoms with Crippen molar-refractivity contribution in [1.29, 1.82) is 0 Å². The maximum atomic E-state index is 6.87. The Morgan fingerprint density at radius 1 is 1.07 bits per heavy atom. The Bertz CT molecular complexity index is 561. The van der Waals surface area contributed by atoms with Gasteiger partial charge in [0.25, 0.3) is 0 Å². The van der Waals surface area contributed by atoms with Gasteiger partial charge in [0.2, 0.25) is 0 Å². The van der Waals surface area contributed by atoms with Crippen LogP contribution in [0.5, 0.6) is 0 Å². The monoisotopic (exact) mass is 431 g/mol. The second-order valence-electron chi connectivity index (χ2n) is 7.85. The fourth-order valence-electron chi connectivity index (χ4n) is 4.48. The van der Waals surface area contributed by atoms with E-state index in [0.717, 1.165) is 43.0 Å². The molecule has 6 heteroatoms. The first-order chi connectivity index (χ1) is 12.9. The van der Waals surface area contributed by atoms with Crippen LogP contribution < -0.4 is 0 Å². The quantitative estimate of drug-likeness (QED) is 0.338. The van der Waals surface area contributed by atoms with Crippen LogP contribution >= 0.6 is 23.2 Å². The summed E-state index contributed by atoms with van der Waals surface area (Å²) in [4.78, 5) is 4.12. The van der Waals surface area contributed by atoms with Gasteiger partial charge in [0.1, 0.15) is 0 Å². The van der Waals surface area contributed by atoms with Gasteiger partial charge in [0, 0.05) is 25.1 Å². The second-order valence-corrected chi connectivity index (χ2v) is 13.4. The first-order valence-electron chi connectivity index (χ1n) is 10.5. The van der Waals surface area contributed by atoms with Crippen molar-refractivity contribution >= 4 is 31.5 Å². The minimum atomic E-state index is -1.79. The summed E-state index contributed by atoms with van der Waals surface area (Å²) in [6, 6.07) is 3.33. The zero-order valence-electron chi connectivity index (χ0n) is 17.3. The highest BCUT2D eigenvalue weighted by atomic mass is 35.5. The van der Waals surface area contributed by atoms with Crippen LogP contribution in [0.2, 0.25) is 28.2 Å². The molecule has 0 N–H and O–H groups in total. The number of hydrogen-bond donors (Lipinski definition) is 0. The molecule has 0 aromatic carbocycles. The van der Waals surface area contributed by atoms with Crippen molar-refractivity contribution in [3.05, 3.63) is 28.0 Å². The Balaban J connectivity index is 2.19. The molecule has 1 aromatic rings. The minimum absolute atomic E-state index is 0.0603. The lowest BCUT2D eigenvalue weighted by atomic mass is 9.93. The van der Waals surface area contributed by atoms with Crippen LogP contribution in [0.15, 0.2) is 12.4 Å². The molecule has 27 heavy (non-hydrogen) atoms. The molecule has 154 valence electrons. The van der Waals surface area contributed by atoms with Gasteiger partial charge < -0.3 is 9.16 Å². The molecule has 1 aromatic heterocycles. The summed E-state index contributed by atoms with van der Waals surface area (Å²) in [6.45, 7) is 6.76. The van der Waals surface area contributed by atoms with Gasteiger partial charge in [0.05, 0.1) is 21.8 Å². The van der Waals surface area contributed by atoms with Crippen molar-refractivity contribution in [2.24, 2.45) is 0 Å². The first kappa shape index (κ1) is 23.1. The molecule has 1 aliphatic carbocycles. The third-order valence-electron chi connectivity index (χ3n) is 6.58. The average molecular weight is 433 g/mol. The van der Waals surface area contributed by atoms with Gasteiger partial charge in [-0.2, -0.15) is 0 Å². The summed E-state index contributed by atoms with van der Waals surface area (Å²) in [7, 11) is 0.0737. The van der Waals surface area contributed by atoms with Gasteiger partial charge in [-0.05, 0) is 50.2 Å². The smallest absolute Gasteiger partial charge is 0.192 e. The lowest BCUT2D eigenvalue weighted by Gasteiger charge is -2.35. The molecule has 0 radical (unpaired) electrons. The lowest BCUT2D eigenvalue weighted by Crippen LogP contribution is -2.37. The van der Waals surface area contributed by atoms with Crippen molar-refractivity contribution < 1.29 is 9.16 Å². The molecule has 1 saturated carbocycles. The van der Waals surface area contributed by atoms with E-state index in [1.165, 1.54) is 25.7 Å². The number of pyridine rings is 1. The normalized spacial score (nSPS) is 18.0. The molecule has 2 rings (SSSR count). The number of nitrogens with zero attached hydrogens (tertiary/aromatic N) is 1. The van der Waals surface area contributed by atoms with E-state index in [0.29, 0.717) is 10.0 Å². The van der Waals surface area contributed by atoms with E-state index in [4.69, 9.17) is 32.4 Å². The molecule has 0 amide bonds. The Kier molecular flexibility index (Phi) is 9.08. The zero-order valence-corrected chi connectivity index (χ0v) is 19.8. The maximum absolute atomic E-state index is 6.87. The highest BCUT2D eigenvalue weighted by Gasteiger charge is 2.36. The molecule has 1 atom stereocenters.